The Labute approximate surface area is 163 Å². The summed E-state index contributed by atoms with van der Waals surface area (Å²) in [6.45, 7) is 3.93. The molecule has 0 spiro atoms. The van der Waals surface area contributed by atoms with Crippen molar-refractivity contribution >= 4 is 11.3 Å². The van der Waals surface area contributed by atoms with Crippen molar-refractivity contribution in [2.24, 2.45) is 0 Å². The molecule has 1 heterocycles. The van der Waals surface area contributed by atoms with E-state index in [1.165, 1.54) is 12.1 Å². The van der Waals surface area contributed by atoms with Crippen LogP contribution in [0, 0.1) is 5.82 Å². The highest BCUT2D eigenvalue weighted by atomic mass is 32.1. The van der Waals surface area contributed by atoms with Crippen LogP contribution in [0.15, 0.2) is 47.8 Å². The van der Waals surface area contributed by atoms with Crippen LogP contribution < -0.4 is 14.8 Å². The number of ether oxygens (including phenoxy) is 2. The molecule has 0 unspecified atom stereocenters. The van der Waals surface area contributed by atoms with Crippen molar-refractivity contribution < 1.29 is 13.9 Å². The Hall–Kier alpha value is -2.44. The summed E-state index contributed by atoms with van der Waals surface area (Å²) in [6, 6.07) is 12.1. The largest absolute Gasteiger partial charge is 0.493 e. The summed E-state index contributed by atoms with van der Waals surface area (Å²) in [4.78, 5) is 4.55. The lowest BCUT2D eigenvalue weighted by Crippen LogP contribution is -2.13. The number of aromatic nitrogens is 1. The van der Waals surface area contributed by atoms with Gasteiger partial charge in [0.25, 0.3) is 0 Å². The van der Waals surface area contributed by atoms with Crippen LogP contribution in [0.5, 0.6) is 11.5 Å². The van der Waals surface area contributed by atoms with E-state index in [1.807, 2.05) is 18.2 Å². The first-order valence-electron chi connectivity index (χ1n) is 8.86. The number of hydrogen-bond acceptors (Lipinski definition) is 5. The number of aryl methyl sites for hydroxylation is 1. The highest BCUT2D eigenvalue weighted by Gasteiger charge is 2.07. The maximum atomic E-state index is 13.0. The summed E-state index contributed by atoms with van der Waals surface area (Å²) in [5.74, 6) is 1.09. The van der Waals surface area contributed by atoms with E-state index < -0.39 is 0 Å². The average Bonchev–Trinajstić information content (AvgIpc) is 3.16. The van der Waals surface area contributed by atoms with Crippen molar-refractivity contribution in [2.75, 3.05) is 7.11 Å². The molecule has 0 bridgehead atoms. The van der Waals surface area contributed by atoms with Crippen molar-refractivity contribution in [3.63, 3.8) is 0 Å². The highest BCUT2D eigenvalue weighted by Crippen LogP contribution is 2.29. The molecule has 0 saturated heterocycles. The van der Waals surface area contributed by atoms with Gasteiger partial charge in [-0.3, -0.25) is 0 Å². The molecule has 0 radical (unpaired) electrons. The van der Waals surface area contributed by atoms with E-state index in [0.29, 0.717) is 24.7 Å². The van der Waals surface area contributed by atoms with E-state index in [4.69, 9.17) is 9.47 Å². The fraction of sp³-hybridized carbons (Fsp3) is 0.286. The van der Waals surface area contributed by atoms with Gasteiger partial charge in [-0.25, -0.2) is 9.37 Å². The zero-order chi connectivity index (χ0) is 19.1. The summed E-state index contributed by atoms with van der Waals surface area (Å²) < 4.78 is 24.2. The summed E-state index contributed by atoms with van der Waals surface area (Å²) in [5.41, 5.74) is 3.08. The number of rotatable bonds is 9. The molecule has 3 aromatic rings. The normalized spacial score (nSPS) is 10.8. The van der Waals surface area contributed by atoms with Gasteiger partial charge in [-0.15, -0.1) is 11.3 Å². The maximum Gasteiger partial charge on any atom is 0.161 e. The monoisotopic (exact) mass is 386 g/mol. The van der Waals surface area contributed by atoms with Gasteiger partial charge in [-0.2, -0.15) is 0 Å². The number of hydrogen-bond donors (Lipinski definition) is 1. The van der Waals surface area contributed by atoms with Gasteiger partial charge in [0, 0.05) is 18.5 Å². The lowest BCUT2D eigenvalue weighted by molar-refractivity contribution is 0.284. The second kappa shape index (κ2) is 9.48. The van der Waals surface area contributed by atoms with Crippen molar-refractivity contribution in [1.82, 2.24) is 10.3 Å². The molecule has 0 aliphatic carbocycles. The topological polar surface area (TPSA) is 43.4 Å². The van der Waals surface area contributed by atoms with Gasteiger partial charge in [-0.05, 0) is 41.8 Å². The van der Waals surface area contributed by atoms with E-state index in [9.17, 15) is 4.39 Å². The number of benzene rings is 2. The number of methoxy groups -OCH3 is 1. The van der Waals surface area contributed by atoms with Crippen LogP contribution in [0.2, 0.25) is 0 Å². The Kier molecular flexibility index (Phi) is 6.79. The molecule has 1 N–H and O–H groups in total. The summed E-state index contributed by atoms with van der Waals surface area (Å²) in [5, 5.41) is 6.66. The fourth-order valence-corrected chi connectivity index (χ4v) is 3.36. The van der Waals surface area contributed by atoms with Crippen LogP contribution in [0.25, 0.3) is 0 Å². The molecule has 6 heteroatoms. The number of nitrogens with one attached hydrogen (secondary N) is 1. The van der Waals surface area contributed by atoms with E-state index in [2.05, 4.69) is 22.6 Å². The van der Waals surface area contributed by atoms with Gasteiger partial charge in [0.2, 0.25) is 0 Å². The van der Waals surface area contributed by atoms with E-state index >= 15 is 0 Å². The maximum absolute atomic E-state index is 13.0. The van der Waals surface area contributed by atoms with E-state index in [-0.39, 0.29) is 5.82 Å². The molecular weight excluding hydrogens is 363 g/mol. The fourth-order valence-electron chi connectivity index (χ4n) is 2.61. The summed E-state index contributed by atoms with van der Waals surface area (Å²) in [6.07, 6.45) is 0.973. The Bertz CT molecular complexity index is 865. The molecule has 2 aromatic carbocycles. The number of nitrogens with zero attached hydrogens (tertiary/aromatic N) is 1. The third-order valence-electron chi connectivity index (χ3n) is 4.07. The minimum Gasteiger partial charge on any atom is -0.493 e. The van der Waals surface area contributed by atoms with E-state index in [0.717, 1.165) is 34.8 Å². The second-order valence-corrected chi connectivity index (χ2v) is 7.03. The zero-order valence-electron chi connectivity index (χ0n) is 15.5. The number of thiazole rings is 1. The molecule has 142 valence electrons. The van der Waals surface area contributed by atoms with Crippen molar-refractivity contribution in [3.05, 3.63) is 75.5 Å². The molecule has 0 amide bonds. The molecule has 0 aliphatic heterocycles. The lowest BCUT2D eigenvalue weighted by Gasteiger charge is -2.12. The van der Waals surface area contributed by atoms with E-state index in [1.54, 1.807) is 30.6 Å². The first-order valence-corrected chi connectivity index (χ1v) is 9.74. The van der Waals surface area contributed by atoms with Gasteiger partial charge >= 0.3 is 0 Å². The smallest absolute Gasteiger partial charge is 0.161 e. The van der Waals surface area contributed by atoms with Crippen molar-refractivity contribution in [2.45, 2.75) is 33.0 Å². The standard InChI is InChI=1S/C21H23FN2O2S/c1-3-21-24-18(14-27-21)12-23-11-16-6-9-19(20(10-16)25-2)26-13-15-4-7-17(22)8-5-15/h4-10,14,23H,3,11-13H2,1-2H3. The molecule has 0 fully saturated rings. The van der Waals surface area contributed by atoms with Crippen LogP contribution in [0.1, 0.15) is 28.8 Å². The van der Waals surface area contributed by atoms with Crippen LogP contribution in [-0.2, 0) is 26.1 Å². The van der Waals surface area contributed by atoms with Crippen LogP contribution in [0.3, 0.4) is 0 Å². The second-order valence-electron chi connectivity index (χ2n) is 6.09. The predicted octanol–water partition coefficient (Wildman–Crippen LogP) is 4.72. The first kappa shape index (κ1) is 19.3. The Morgan fingerprint density at radius 2 is 1.81 bits per heavy atom. The lowest BCUT2D eigenvalue weighted by atomic mass is 10.2. The summed E-state index contributed by atoms with van der Waals surface area (Å²) >= 11 is 1.70. The first-order chi connectivity index (χ1) is 13.2. The van der Waals surface area contributed by atoms with Crippen molar-refractivity contribution in [1.29, 1.82) is 0 Å². The van der Waals surface area contributed by atoms with Crippen LogP contribution in [-0.4, -0.2) is 12.1 Å². The molecule has 4 nitrogen and oxygen atoms in total. The predicted molar refractivity (Wildman–Crippen MR) is 106 cm³/mol. The highest BCUT2D eigenvalue weighted by molar-refractivity contribution is 7.09. The van der Waals surface area contributed by atoms with Crippen molar-refractivity contribution in [3.8, 4) is 11.5 Å². The third kappa shape index (κ3) is 5.52. The number of halogens is 1. The molecule has 0 saturated carbocycles. The average molecular weight is 386 g/mol. The SMILES string of the molecule is CCc1nc(CNCc2ccc(OCc3ccc(F)cc3)c(OC)c2)cs1. The van der Waals surface area contributed by atoms with Gasteiger partial charge in [0.15, 0.2) is 11.5 Å². The Morgan fingerprint density at radius 1 is 1.04 bits per heavy atom. The zero-order valence-corrected chi connectivity index (χ0v) is 16.3. The Balaban J connectivity index is 1.55. The van der Waals surface area contributed by atoms with Gasteiger partial charge < -0.3 is 14.8 Å². The molecular formula is C21H23FN2O2S. The molecule has 0 atom stereocenters. The molecule has 27 heavy (non-hydrogen) atoms. The van der Waals surface area contributed by atoms with Gasteiger partial charge in [-0.1, -0.05) is 25.1 Å². The third-order valence-corrected chi connectivity index (χ3v) is 5.11. The minimum atomic E-state index is -0.253. The summed E-state index contributed by atoms with van der Waals surface area (Å²) in [7, 11) is 1.62. The molecule has 1 aromatic heterocycles. The molecule has 0 aliphatic rings. The molecule has 3 rings (SSSR count). The van der Waals surface area contributed by atoms with Gasteiger partial charge in [0.1, 0.15) is 12.4 Å². The van der Waals surface area contributed by atoms with Gasteiger partial charge in [0.05, 0.1) is 17.8 Å². The van der Waals surface area contributed by atoms with Crippen LogP contribution >= 0.6 is 11.3 Å². The quantitative estimate of drug-likeness (QED) is 0.578. The minimum absolute atomic E-state index is 0.253. The Morgan fingerprint density at radius 3 is 2.52 bits per heavy atom. The van der Waals surface area contributed by atoms with Crippen LogP contribution in [0.4, 0.5) is 4.39 Å².